The quantitative estimate of drug-likeness (QED) is 0.803. The van der Waals surface area contributed by atoms with Crippen LogP contribution in [-0.4, -0.2) is 25.6 Å². The number of rotatable bonds is 3. The lowest BCUT2D eigenvalue weighted by Crippen LogP contribution is -2.22. The van der Waals surface area contributed by atoms with Crippen LogP contribution in [0.25, 0.3) is 0 Å². The molecule has 2 atom stereocenters. The number of carbonyl (C=O) groups excluding carboxylic acids is 1. The zero-order valence-electron chi connectivity index (χ0n) is 10.8. The SMILES string of the molecule is COc1cc(C)c(Br)cc1C(=O)C1CCOC1C. The summed E-state index contributed by atoms with van der Waals surface area (Å²) in [4.78, 5) is 12.5. The lowest BCUT2D eigenvalue weighted by atomic mass is 9.91. The zero-order chi connectivity index (χ0) is 13.3. The third kappa shape index (κ3) is 2.45. The van der Waals surface area contributed by atoms with Gasteiger partial charge in [-0.15, -0.1) is 0 Å². The van der Waals surface area contributed by atoms with Crippen molar-refractivity contribution in [2.45, 2.75) is 26.4 Å². The Morgan fingerprint density at radius 1 is 1.50 bits per heavy atom. The molecule has 0 N–H and O–H groups in total. The van der Waals surface area contributed by atoms with Crippen molar-refractivity contribution in [1.29, 1.82) is 0 Å². The molecule has 0 radical (unpaired) electrons. The Balaban J connectivity index is 2.37. The maximum Gasteiger partial charge on any atom is 0.172 e. The minimum absolute atomic E-state index is 0.0118. The van der Waals surface area contributed by atoms with E-state index in [4.69, 9.17) is 9.47 Å². The summed E-state index contributed by atoms with van der Waals surface area (Å²) in [6.07, 6.45) is 0.775. The molecule has 0 aliphatic carbocycles. The summed E-state index contributed by atoms with van der Waals surface area (Å²) in [5.41, 5.74) is 1.69. The van der Waals surface area contributed by atoms with Gasteiger partial charge < -0.3 is 9.47 Å². The molecule has 0 aromatic heterocycles. The molecular weight excluding hydrogens is 296 g/mol. The second-order valence-electron chi connectivity index (χ2n) is 4.64. The van der Waals surface area contributed by atoms with Gasteiger partial charge in [0.25, 0.3) is 0 Å². The number of ether oxygens (including phenoxy) is 2. The van der Waals surface area contributed by atoms with Gasteiger partial charge in [0.15, 0.2) is 5.78 Å². The molecule has 1 aromatic rings. The van der Waals surface area contributed by atoms with Gasteiger partial charge in [-0.1, -0.05) is 15.9 Å². The molecule has 0 amide bonds. The predicted octanol–water partition coefficient (Wildman–Crippen LogP) is 3.37. The Morgan fingerprint density at radius 2 is 2.22 bits per heavy atom. The van der Waals surface area contributed by atoms with E-state index in [1.165, 1.54) is 0 Å². The summed E-state index contributed by atoms with van der Waals surface area (Å²) in [6, 6.07) is 3.74. The Kier molecular flexibility index (Phi) is 4.07. The van der Waals surface area contributed by atoms with Gasteiger partial charge in [-0.05, 0) is 38.0 Å². The van der Waals surface area contributed by atoms with Crippen LogP contribution < -0.4 is 4.74 Å². The van der Waals surface area contributed by atoms with Crippen molar-refractivity contribution in [1.82, 2.24) is 0 Å². The van der Waals surface area contributed by atoms with Crippen LogP contribution in [0.5, 0.6) is 5.75 Å². The Morgan fingerprint density at radius 3 is 2.78 bits per heavy atom. The number of hydrogen-bond acceptors (Lipinski definition) is 3. The average Bonchev–Trinajstić information content (AvgIpc) is 2.77. The lowest BCUT2D eigenvalue weighted by Gasteiger charge is -2.16. The third-order valence-corrected chi connectivity index (χ3v) is 4.31. The summed E-state index contributed by atoms with van der Waals surface area (Å²) in [5.74, 6) is 0.686. The molecule has 1 aromatic carbocycles. The van der Waals surface area contributed by atoms with Crippen LogP contribution in [0.2, 0.25) is 0 Å². The van der Waals surface area contributed by atoms with E-state index in [1.54, 1.807) is 7.11 Å². The second-order valence-corrected chi connectivity index (χ2v) is 5.49. The molecular formula is C14H17BrO3. The van der Waals surface area contributed by atoms with Crippen molar-refractivity contribution in [2.75, 3.05) is 13.7 Å². The van der Waals surface area contributed by atoms with Gasteiger partial charge in [-0.3, -0.25) is 4.79 Å². The lowest BCUT2D eigenvalue weighted by molar-refractivity contribution is 0.0762. The molecule has 0 saturated carbocycles. The molecule has 1 saturated heterocycles. The molecule has 4 heteroatoms. The first-order chi connectivity index (χ1) is 8.54. The van der Waals surface area contributed by atoms with Crippen LogP contribution in [0.1, 0.15) is 29.3 Å². The fourth-order valence-electron chi connectivity index (χ4n) is 2.29. The molecule has 1 aliphatic heterocycles. The van der Waals surface area contributed by atoms with Gasteiger partial charge in [-0.25, -0.2) is 0 Å². The fraction of sp³-hybridized carbons (Fsp3) is 0.500. The normalized spacial score (nSPS) is 23.1. The molecule has 1 fully saturated rings. The van der Waals surface area contributed by atoms with Gasteiger partial charge >= 0.3 is 0 Å². The second kappa shape index (κ2) is 5.41. The largest absolute Gasteiger partial charge is 0.496 e. The number of carbonyl (C=O) groups is 1. The summed E-state index contributed by atoms with van der Waals surface area (Å²) in [5, 5.41) is 0. The van der Waals surface area contributed by atoms with Gasteiger partial charge in [-0.2, -0.15) is 0 Å². The van der Waals surface area contributed by atoms with E-state index in [9.17, 15) is 4.79 Å². The fourth-order valence-corrected chi connectivity index (χ4v) is 2.64. The van der Waals surface area contributed by atoms with Crippen LogP contribution in [0, 0.1) is 12.8 Å². The van der Waals surface area contributed by atoms with E-state index < -0.39 is 0 Å². The molecule has 0 bridgehead atoms. The molecule has 2 rings (SSSR count). The van der Waals surface area contributed by atoms with E-state index >= 15 is 0 Å². The van der Waals surface area contributed by atoms with Crippen molar-refractivity contribution in [2.24, 2.45) is 5.92 Å². The van der Waals surface area contributed by atoms with Gasteiger partial charge in [0.2, 0.25) is 0 Å². The first-order valence-electron chi connectivity index (χ1n) is 6.04. The van der Waals surface area contributed by atoms with E-state index in [0.29, 0.717) is 17.9 Å². The van der Waals surface area contributed by atoms with Crippen molar-refractivity contribution in [3.8, 4) is 5.75 Å². The summed E-state index contributed by atoms with van der Waals surface area (Å²) in [7, 11) is 1.59. The van der Waals surface area contributed by atoms with Crippen LogP contribution in [0.15, 0.2) is 16.6 Å². The maximum absolute atomic E-state index is 12.5. The highest BCUT2D eigenvalue weighted by molar-refractivity contribution is 9.10. The molecule has 2 unspecified atom stereocenters. The molecule has 98 valence electrons. The van der Waals surface area contributed by atoms with Gasteiger partial charge in [0.05, 0.1) is 24.7 Å². The van der Waals surface area contributed by atoms with E-state index in [2.05, 4.69) is 15.9 Å². The number of Topliss-reactive ketones (excluding diaryl/α,β-unsaturated/α-hetero) is 1. The van der Waals surface area contributed by atoms with E-state index in [1.807, 2.05) is 26.0 Å². The number of ketones is 1. The van der Waals surface area contributed by atoms with E-state index in [0.717, 1.165) is 16.5 Å². The topological polar surface area (TPSA) is 35.5 Å². The molecule has 3 nitrogen and oxygen atoms in total. The molecule has 0 spiro atoms. The number of benzene rings is 1. The summed E-state index contributed by atoms with van der Waals surface area (Å²) in [6.45, 7) is 4.58. The van der Waals surface area contributed by atoms with Crippen LogP contribution in [0.3, 0.4) is 0 Å². The Bertz CT molecular complexity index is 470. The molecule has 18 heavy (non-hydrogen) atoms. The standard InChI is InChI=1S/C14H17BrO3/c1-8-6-13(17-3)11(7-12(8)15)14(16)10-4-5-18-9(10)2/h6-7,9-10H,4-5H2,1-3H3. The van der Waals surface area contributed by atoms with Crippen LogP contribution in [0.4, 0.5) is 0 Å². The number of methoxy groups -OCH3 is 1. The number of hydrogen-bond donors (Lipinski definition) is 0. The van der Waals surface area contributed by atoms with Crippen molar-refractivity contribution >= 4 is 21.7 Å². The predicted molar refractivity (Wildman–Crippen MR) is 73.3 cm³/mol. The zero-order valence-corrected chi connectivity index (χ0v) is 12.4. The maximum atomic E-state index is 12.5. The monoisotopic (exact) mass is 312 g/mol. The number of halogens is 1. The average molecular weight is 313 g/mol. The Hall–Kier alpha value is -0.870. The minimum Gasteiger partial charge on any atom is -0.496 e. The van der Waals surface area contributed by atoms with Crippen LogP contribution >= 0.6 is 15.9 Å². The highest BCUT2D eigenvalue weighted by atomic mass is 79.9. The molecule has 1 heterocycles. The van der Waals surface area contributed by atoms with Crippen molar-refractivity contribution < 1.29 is 14.3 Å². The minimum atomic E-state index is -0.0616. The third-order valence-electron chi connectivity index (χ3n) is 3.46. The van der Waals surface area contributed by atoms with Crippen molar-refractivity contribution in [3.63, 3.8) is 0 Å². The van der Waals surface area contributed by atoms with E-state index in [-0.39, 0.29) is 17.8 Å². The highest BCUT2D eigenvalue weighted by Crippen LogP contribution is 2.32. The summed E-state index contributed by atoms with van der Waals surface area (Å²) >= 11 is 3.46. The van der Waals surface area contributed by atoms with Gasteiger partial charge in [0.1, 0.15) is 5.75 Å². The van der Waals surface area contributed by atoms with Crippen LogP contribution in [-0.2, 0) is 4.74 Å². The first kappa shape index (κ1) is 13.6. The summed E-state index contributed by atoms with van der Waals surface area (Å²) < 4.78 is 11.7. The molecule has 1 aliphatic rings. The number of aryl methyl sites for hydroxylation is 1. The smallest absolute Gasteiger partial charge is 0.172 e. The highest BCUT2D eigenvalue weighted by Gasteiger charge is 2.32. The van der Waals surface area contributed by atoms with Crippen molar-refractivity contribution in [3.05, 3.63) is 27.7 Å². The Labute approximate surface area is 116 Å². The first-order valence-corrected chi connectivity index (χ1v) is 6.84. The van der Waals surface area contributed by atoms with Gasteiger partial charge in [0, 0.05) is 11.1 Å².